The summed E-state index contributed by atoms with van der Waals surface area (Å²) in [4.78, 5) is 22.8. The number of nitrogens with zero attached hydrogens (tertiary/aromatic N) is 2. The Kier molecular flexibility index (Phi) is 6.12. The molecular weight excluding hydrogens is 410 g/mol. The van der Waals surface area contributed by atoms with E-state index < -0.39 is 4.92 Å². The summed E-state index contributed by atoms with van der Waals surface area (Å²) in [7, 11) is 1.55. The number of non-ortho nitro benzene ring substituents is 1. The standard InChI is InChI=1S/C24H27N3O5/c1-24-12-4-3-5-19(24)22(24)23(28)26-25-14-17-8-11-20(21(13-17)31-2)32-15-16-6-9-18(10-7-16)27(29)30/h6-11,13-14,19,22H,3-5,12,15H2,1-2H3,(H,26,28)/b25-14+/t19-,22+,24-/m1/s1. The van der Waals surface area contributed by atoms with Crippen LogP contribution in [-0.4, -0.2) is 24.2 Å². The summed E-state index contributed by atoms with van der Waals surface area (Å²) in [6.07, 6.45) is 6.27. The Morgan fingerprint density at radius 1 is 1.25 bits per heavy atom. The zero-order valence-corrected chi connectivity index (χ0v) is 18.2. The molecule has 0 heterocycles. The van der Waals surface area contributed by atoms with Crippen molar-refractivity contribution in [2.24, 2.45) is 22.4 Å². The van der Waals surface area contributed by atoms with Crippen LogP contribution in [0, 0.1) is 27.4 Å². The van der Waals surface area contributed by atoms with Gasteiger partial charge in [0, 0.05) is 18.1 Å². The van der Waals surface area contributed by atoms with Gasteiger partial charge in [-0.05, 0) is 65.6 Å². The lowest BCUT2D eigenvalue weighted by Gasteiger charge is -2.15. The largest absolute Gasteiger partial charge is 0.493 e. The molecule has 0 radical (unpaired) electrons. The van der Waals surface area contributed by atoms with Gasteiger partial charge in [0.2, 0.25) is 5.91 Å². The zero-order valence-electron chi connectivity index (χ0n) is 18.2. The van der Waals surface area contributed by atoms with Crippen molar-refractivity contribution in [3.63, 3.8) is 0 Å². The minimum atomic E-state index is -0.436. The van der Waals surface area contributed by atoms with Gasteiger partial charge in [-0.25, -0.2) is 5.43 Å². The van der Waals surface area contributed by atoms with Gasteiger partial charge in [-0.2, -0.15) is 5.10 Å². The number of nitro benzene ring substituents is 1. The monoisotopic (exact) mass is 437 g/mol. The Balaban J connectivity index is 1.33. The maximum atomic E-state index is 12.5. The number of fused-ring (bicyclic) bond motifs is 1. The highest BCUT2D eigenvalue weighted by atomic mass is 16.6. The van der Waals surface area contributed by atoms with Gasteiger partial charge in [0.25, 0.3) is 5.69 Å². The smallest absolute Gasteiger partial charge is 0.269 e. The van der Waals surface area contributed by atoms with E-state index in [2.05, 4.69) is 17.5 Å². The lowest BCUT2D eigenvalue weighted by atomic mass is 9.90. The van der Waals surface area contributed by atoms with Gasteiger partial charge in [-0.3, -0.25) is 14.9 Å². The lowest BCUT2D eigenvalue weighted by molar-refractivity contribution is -0.384. The number of hydrogen-bond acceptors (Lipinski definition) is 6. The molecule has 2 aromatic rings. The topological polar surface area (TPSA) is 103 Å². The highest BCUT2D eigenvalue weighted by Crippen LogP contribution is 2.66. The van der Waals surface area contributed by atoms with Crippen molar-refractivity contribution in [3.8, 4) is 11.5 Å². The predicted octanol–water partition coefficient (Wildman–Crippen LogP) is 4.46. The minimum Gasteiger partial charge on any atom is -0.493 e. The van der Waals surface area contributed by atoms with E-state index in [1.54, 1.807) is 37.6 Å². The van der Waals surface area contributed by atoms with Gasteiger partial charge in [-0.15, -0.1) is 0 Å². The fourth-order valence-corrected chi connectivity index (χ4v) is 4.85. The van der Waals surface area contributed by atoms with Gasteiger partial charge in [0.1, 0.15) is 6.61 Å². The summed E-state index contributed by atoms with van der Waals surface area (Å²) >= 11 is 0. The number of nitrogens with one attached hydrogen (secondary N) is 1. The molecule has 0 aromatic heterocycles. The molecular formula is C24H27N3O5. The molecule has 0 saturated heterocycles. The van der Waals surface area contributed by atoms with Crippen LogP contribution in [0.1, 0.15) is 43.7 Å². The summed E-state index contributed by atoms with van der Waals surface area (Å²) in [5.74, 6) is 1.65. The van der Waals surface area contributed by atoms with Crippen LogP contribution in [0.5, 0.6) is 11.5 Å². The normalized spacial score (nSPS) is 23.9. The molecule has 2 aromatic carbocycles. The van der Waals surface area contributed by atoms with Crippen LogP contribution in [0.15, 0.2) is 47.6 Å². The summed E-state index contributed by atoms with van der Waals surface area (Å²) < 4.78 is 11.2. The second-order valence-electron chi connectivity index (χ2n) is 8.69. The number of amides is 1. The third kappa shape index (κ3) is 4.44. The molecule has 0 aliphatic heterocycles. The first-order chi connectivity index (χ1) is 15.4. The molecule has 8 nitrogen and oxygen atoms in total. The second kappa shape index (κ2) is 8.98. The Morgan fingerprint density at radius 3 is 2.69 bits per heavy atom. The highest BCUT2D eigenvalue weighted by Gasteiger charge is 2.64. The van der Waals surface area contributed by atoms with Crippen LogP contribution in [0.25, 0.3) is 0 Å². The molecule has 168 valence electrons. The summed E-state index contributed by atoms with van der Waals surface area (Å²) in [5.41, 5.74) is 4.47. The van der Waals surface area contributed by atoms with E-state index in [0.717, 1.165) is 24.0 Å². The molecule has 8 heteroatoms. The Labute approximate surface area is 186 Å². The number of rotatable bonds is 8. The molecule has 32 heavy (non-hydrogen) atoms. The second-order valence-corrected chi connectivity index (χ2v) is 8.69. The zero-order chi connectivity index (χ0) is 22.7. The molecule has 1 amide bonds. The van der Waals surface area contributed by atoms with Gasteiger partial charge >= 0.3 is 0 Å². The number of carbonyl (C=O) groups excluding carboxylic acids is 1. The first-order valence-electron chi connectivity index (χ1n) is 10.8. The lowest BCUT2D eigenvalue weighted by Crippen LogP contribution is -2.22. The van der Waals surface area contributed by atoms with E-state index in [4.69, 9.17) is 9.47 Å². The van der Waals surface area contributed by atoms with Crippen molar-refractivity contribution in [3.05, 3.63) is 63.7 Å². The molecule has 2 aliphatic rings. The third-order valence-electron chi connectivity index (χ3n) is 6.73. The Bertz CT molecular complexity index is 1040. The molecule has 2 fully saturated rings. The van der Waals surface area contributed by atoms with E-state index in [1.165, 1.54) is 25.0 Å². The van der Waals surface area contributed by atoms with Crippen molar-refractivity contribution < 1.29 is 19.2 Å². The first kappa shape index (κ1) is 21.8. The van der Waals surface area contributed by atoms with Crippen LogP contribution in [-0.2, 0) is 11.4 Å². The van der Waals surface area contributed by atoms with Gasteiger partial charge < -0.3 is 9.47 Å². The van der Waals surface area contributed by atoms with Crippen molar-refractivity contribution in [1.29, 1.82) is 0 Å². The van der Waals surface area contributed by atoms with E-state index in [1.807, 2.05) is 6.07 Å². The van der Waals surface area contributed by atoms with Crippen LogP contribution in [0.3, 0.4) is 0 Å². The fraction of sp³-hybridized carbons (Fsp3) is 0.417. The number of hydrazone groups is 1. The van der Waals surface area contributed by atoms with Gasteiger partial charge in [0.15, 0.2) is 11.5 Å². The highest BCUT2D eigenvalue weighted by molar-refractivity contribution is 5.86. The van der Waals surface area contributed by atoms with Gasteiger partial charge in [-0.1, -0.05) is 19.8 Å². The molecule has 0 unspecified atom stereocenters. The molecule has 0 spiro atoms. The van der Waals surface area contributed by atoms with Crippen molar-refractivity contribution in [2.75, 3.05) is 7.11 Å². The van der Waals surface area contributed by atoms with Crippen molar-refractivity contribution in [2.45, 2.75) is 39.2 Å². The van der Waals surface area contributed by atoms with E-state index in [0.29, 0.717) is 17.4 Å². The summed E-state index contributed by atoms with van der Waals surface area (Å²) in [5, 5.41) is 14.9. The van der Waals surface area contributed by atoms with Crippen LogP contribution >= 0.6 is 0 Å². The van der Waals surface area contributed by atoms with Gasteiger partial charge in [0.05, 0.1) is 18.2 Å². The number of ether oxygens (including phenoxy) is 2. The molecule has 3 atom stereocenters. The molecule has 2 aliphatic carbocycles. The molecule has 2 saturated carbocycles. The average Bonchev–Trinajstić information content (AvgIpc) is 3.43. The first-order valence-corrected chi connectivity index (χ1v) is 10.8. The van der Waals surface area contributed by atoms with Crippen LogP contribution in [0.2, 0.25) is 0 Å². The van der Waals surface area contributed by atoms with E-state index in [9.17, 15) is 14.9 Å². The third-order valence-corrected chi connectivity index (χ3v) is 6.73. The quantitative estimate of drug-likeness (QED) is 0.373. The van der Waals surface area contributed by atoms with Crippen molar-refractivity contribution >= 4 is 17.8 Å². The predicted molar refractivity (Wildman–Crippen MR) is 120 cm³/mol. The minimum absolute atomic E-state index is 0.00525. The molecule has 4 rings (SSSR count). The Hall–Kier alpha value is -3.42. The number of methoxy groups -OCH3 is 1. The maximum absolute atomic E-state index is 12.5. The SMILES string of the molecule is COc1cc(/C=N/NC(=O)[C@@H]2[C@H]3CCCC[C@]32C)ccc1OCc1ccc([N+](=O)[O-])cc1. The maximum Gasteiger partial charge on any atom is 0.269 e. The van der Waals surface area contributed by atoms with E-state index in [-0.39, 0.29) is 29.5 Å². The number of benzene rings is 2. The average molecular weight is 437 g/mol. The van der Waals surface area contributed by atoms with Crippen LogP contribution < -0.4 is 14.9 Å². The van der Waals surface area contributed by atoms with E-state index >= 15 is 0 Å². The molecule has 0 bridgehead atoms. The summed E-state index contributed by atoms with van der Waals surface area (Å²) in [6, 6.07) is 11.6. The summed E-state index contributed by atoms with van der Waals surface area (Å²) in [6.45, 7) is 2.46. The Morgan fingerprint density at radius 2 is 2.03 bits per heavy atom. The fourth-order valence-electron chi connectivity index (χ4n) is 4.85. The number of nitro groups is 1. The number of hydrogen-bond donors (Lipinski definition) is 1. The molecule has 1 N–H and O–H groups in total. The van der Waals surface area contributed by atoms with Crippen molar-refractivity contribution in [1.82, 2.24) is 5.43 Å². The van der Waals surface area contributed by atoms with Crippen LogP contribution in [0.4, 0.5) is 5.69 Å². The number of carbonyl (C=O) groups is 1.